The number of hydrogen-bond donors (Lipinski definition) is 1. The van der Waals surface area contributed by atoms with Crippen LogP contribution in [0.1, 0.15) is 27.5 Å². The summed E-state index contributed by atoms with van der Waals surface area (Å²) in [5.41, 5.74) is 4.91. The van der Waals surface area contributed by atoms with E-state index in [1.165, 1.54) is 11.8 Å². The topological polar surface area (TPSA) is 72.7 Å². The molecular weight excluding hydrogens is 406 g/mol. The number of nitrogens with one attached hydrogen (secondary N) is 1. The highest BCUT2D eigenvalue weighted by Crippen LogP contribution is 2.35. The minimum atomic E-state index is -0.498. The second-order valence-electron chi connectivity index (χ2n) is 7.32. The molecule has 6 nitrogen and oxygen atoms in total. The van der Waals surface area contributed by atoms with Gasteiger partial charge in [0.25, 0.3) is 0 Å². The molecule has 0 aliphatic rings. The van der Waals surface area contributed by atoms with Gasteiger partial charge in [-0.1, -0.05) is 84.6 Å². The van der Waals surface area contributed by atoms with Crippen molar-refractivity contribution in [3.05, 3.63) is 101 Å². The lowest BCUT2D eigenvalue weighted by Gasteiger charge is -2.18. The molecule has 0 fully saturated rings. The van der Waals surface area contributed by atoms with Crippen molar-refractivity contribution in [2.75, 3.05) is 5.32 Å². The Morgan fingerprint density at radius 1 is 1.00 bits per heavy atom. The van der Waals surface area contributed by atoms with E-state index in [1.807, 2.05) is 92.7 Å². The monoisotopic (exact) mass is 429 g/mol. The number of rotatable bonds is 7. The van der Waals surface area contributed by atoms with Gasteiger partial charge in [0, 0.05) is 5.69 Å². The minimum absolute atomic E-state index is 0.112. The third kappa shape index (κ3) is 5.19. The van der Waals surface area contributed by atoms with Crippen molar-refractivity contribution in [3.8, 4) is 0 Å². The predicted molar refractivity (Wildman–Crippen MR) is 123 cm³/mol. The van der Waals surface area contributed by atoms with Crippen LogP contribution in [0.3, 0.4) is 0 Å². The van der Waals surface area contributed by atoms with E-state index in [9.17, 15) is 4.79 Å². The van der Waals surface area contributed by atoms with Crippen LogP contribution in [-0.4, -0.2) is 26.1 Å². The van der Waals surface area contributed by atoms with Crippen molar-refractivity contribution in [2.24, 2.45) is 0 Å². The molecular formula is C24H23N5OS. The molecule has 1 amide bonds. The van der Waals surface area contributed by atoms with Crippen LogP contribution in [-0.2, 0) is 11.3 Å². The molecule has 0 radical (unpaired) electrons. The van der Waals surface area contributed by atoms with E-state index in [0.717, 1.165) is 27.9 Å². The van der Waals surface area contributed by atoms with E-state index in [-0.39, 0.29) is 5.91 Å². The van der Waals surface area contributed by atoms with E-state index in [0.29, 0.717) is 11.7 Å². The number of aryl methyl sites for hydroxylation is 2. The molecule has 1 N–H and O–H groups in total. The summed E-state index contributed by atoms with van der Waals surface area (Å²) < 4.78 is 1.72. The van der Waals surface area contributed by atoms with E-state index < -0.39 is 5.25 Å². The molecule has 1 atom stereocenters. The zero-order valence-electron chi connectivity index (χ0n) is 17.4. The lowest BCUT2D eigenvalue weighted by Crippen LogP contribution is -2.20. The number of hydrogen-bond acceptors (Lipinski definition) is 5. The molecule has 0 aliphatic heterocycles. The first-order valence-corrected chi connectivity index (χ1v) is 10.9. The molecule has 0 saturated carbocycles. The van der Waals surface area contributed by atoms with E-state index in [1.54, 1.807) is 4.68 Å². The zero-order valence-corrected chi connectivity index (χ0v) is 18.2. The maximum Gasteiger partial charge on any atom is 0.242 e. The summed E-state index contributed by atoms with van der Waals surface area (Å²) in [6.07, 6.45) is 0. The molecule has 4 rings (SSSR count). The standard InChI is InChI=1S/C24H23N5OS/c1-17-13-14-18(2)21(15-17)25-23(30)22(20-11-7-4-8-12-20)31-24-26-27-28-29(24)16-19-9-5-3-6-10-19/h3-15,22H,16H2,1-2H3,(H,25,30)/t22-/m0/s1. The molecule has 4 aromatic rings. The van der Waals surface area contributed by atoms with Crippen molar-refractivity contribution in [1.29, 1.82) is 0 Å². The third-order valence-electron chi connectivity index (χ3n) is 4.89. The first-order valence-electron chi connectivity index (χ1n) is 10.00. The molecule has 0 bridgehead atoms. The van der Waals surface area contributed by atoms with Crippen LogP contribution in [0.4, 0.5) is 5.69 Å². The van der Waals surface area contributed by atoms with Crippen LogP contribution >= 0.6 is 11.8 Å². The van der Waals surface area contributed by atoms with E-state index in [2.05, 4.69) is 20.8 Å². The molecule has 0 spiro atoms. The Hall–Kier alpha value is -3.45. The maximum absolute atomic E-state index is 13.4. The fraction of sp³-hybridized carbons (Fsp3) is 0.167. The maximum atomic E-state index is 13.4. The highest BCUT2D eigenvalue weighted by atomic mass is 32.2. The fourth-order valence-corrected chi connectivity index (χ4v) is 4.19. The average Bonchev–Trinajstić information content (AvgIpc) is 3.22. The molecule has 1 aromatic heterocycles. The summed E-state index contributed by atoms with van der Waals surface area (Å²) in [6, 6.07) is 25.7. The second kappa shape index (κ2) is 9.57. The van der Waals surface area contributed by atoms with Crippen molar-refractivity contribution in [1.82, 2.24) is 20.2 Å². The van der Waals surface area contributed by atoms with Crippen molar-refractivity contribution in [3.63, 3.8) is 0 Å². The number of anilines is 1. The normalized spacial score (nSPS) is 11.8. The van der Waals surface area contributed by atoms with Crippen LogP contribution in [0, 0.1) is 13.8 Å². The van der Waals surface area contributed by atoms with Gasteiger partial charge < -0.3 is 5.32 Å². The highest BCUT2D eigenvalue weighted by molar-refractivity contribution is 8.00. The molecule has 0 saturated heterocycles. The largest absolute Gasteiger partial charge is 0.325 e. The van der Waals surface area contributed by atoms with Gasteiger partial charge in [-0.15, -0.1) is 5.10 Å². The second-order valence-corrected chi connectivity index (χ2v) is 8.39. The van der Waals surface area contributed by atoms with Gasteiger partial charge in [0.1, 0.15) is 5.25 Å². The quantitative estimate of drug-likeness (QED) is 0.427. The molecule has 31 heavy (non-hydrogen) atoms. The number of benzene rings is 3. The Kier molecular flexibility index (Phi) is 6.43. The Morgan fingerprint density at radius 3 is 2.45 bits per heavy atom. The molecule has 0 unspecified atom stereocenters. The number of carbonyl (C=O) groups is 1. The van der Waals surface area contributed by atoms with Crippen molar-refractivity contribution < 1.29 is 4.79 Å². The Labute approximate surface area is 185 Å². The van der Waals surface area contributed by atoms with Crippen LogP contribution in [0.2, 0.25) is 0 Å². The SMILES string of the molecule is Cc1ccc(C)c(NC(=O)[C@@H](Sc2nnnn2Cc2ccccc2)c2ccccc2)c1. The molecule has 7 heteroatoms. The third-order valence-corrected chi connectivity index (χ3v) is 6.11. The van der Waals surface area contributed by atoms with Gasteiger partial charge in [-0.05, 0) is 52.6 Å². The summed E-state index contributed by atoms with van der Waals surface area (Å²) in [5, 5.41) is 15.3. The average molecular weight is 430 g/mol. The van der Waals surface area contributed by atoms with Gasteiger partial charge in [0.2, 0.25) is 11.1 Å². The number of thioether (sulfide) groups is 1. The lowest BCUT2D eigenvalue weighted by molar-refractivity contribution is -0.115. The van der Waals surface area contributed by atoms with Gasteiger partial charge in [0.15, 0.2) is 0 Å². The van der Waals surface area contributed by atoms with Crippen LogP contribution in [0.5, 0.6) is 0 Å². The van der Waals surface area contributed by atoms with Crippen LogP contribution < -0.4 is 5.32 Å². The number of tetrazole rings is 1. The van der Waals surface area contributed by atoms with Gasteiger partial charge in [-0.25, -0.2) is 4.68 Å². The summed E-state index contributed by atoms with van der Waals surface area (Å²) in [6.45, 7) is 4.53. The molecule has 156 valence electrons. The van der Waals surface area contributed by atoms with Crippen molar-refractivity contribution >= 4 is 23.4 Å². The minimum Gasteiger partial charge on any atom is -0.325 e. The number of amides is 1. The number of carbonyl (C=O) groups excluding carboxylic acids is 1. The number of nitrogens with zero attached hydrogens (tertiary/aromatic N) is 4. The summed E-state index contributed by atoms with van der Waals surface area (Å²) >= 11 is 1.35. The highest BCUT2D eigenvalue weighted by Gasteiger charge is 2.25. The van der Waals surface area contributed by atoms with Gasteiger partial charge in [0.05, 0.1) is 6.54 Å². The van der Waals surface area contributed by atoms with E-state index in [4.69, 9.17) is 0 Å². The van der Waals surface area contributed by atoms with Gasteiger partial charge in [-0.3, -0.25) is 4.79 Å². The first-order chi connectivity index (χ1) is 15.1. The molecule has 1 heterocycles. The smallest absolute Gasteiger partial charge is 0.242 e. The van der Waals surface area contributed by atoms with E-state index >= 15 is 0 Å². The fourth-order valence-electron chi connectivity index (χ4n) is 3.21. The Bertz CT molecular complexity index is 1160. The van der Waals surface area contributed by atoms with Crippen molar-refractivity contribution in [2.45, 2.75) is 30.8 Å². The molecule has 0 aliphatic carbocycles. The Morgan fingerprint density at radius 2 is 1.71 bits per heavy atom. The number of aromatic nitrogens is 4. The van der Waals surface area contributed by atoms with Gasteiger partial charge in [-0.2, -0.15) is 0 Å². The van der Waals surface area contributed by atoms with Crippen LogP contribution in [0.25, 0.3) is 0 Å². The zero-order chi connectivity index (χ0) is 21.6. The summed E-state index contributed by atoms with van der Waals surface area (Å²) in [7, 11) is 0. The Balaban J connectivity index is 1.60. The summed E-state index contributed by atoms with van der Waals surface area (Å²) in [4.78, 5) is 13.4. The summed E-state index contributed by atoms with van der Waals surface area (Å²) in [5.74, 6) is -0.112. The molecule has 3 aromatic carbocycles. The lowest BCUT2D eigenvalue weighted by atomic mass is 10.1. The van der Waals surface area contributed by atoms with Crippen LogP contribution in [0.15, 0.2) is 84.0 Å². The predicted octanol–water partition coefficient (Wildman–Crippen LogP) is 4.81. The van der Waals surface area contributed by atoms with Gasteiger partial charge >= 0.3 is 0 Å². The first kappa shape index (κ1) is 20.8.